The molecule has 0 saturated carbocycles. The van der Waals surface area contributed by atoms with E-state index in [1.54, 1.807) is 13.1 Å². The van der Waals surface area contributed by atoms with Gasteiger partial charge in [0.15, 0.2) is 5.96 Å². The summed E-state index contributed by atoms with van der Waals surface area (Å²) in [5.74, 6) is 0.374. The third kappa shape index (κ3) is 6.42. The quantitative estimate of drug-likeness (QED) is 0.366. The molecule has 1 aromatic heterocycles. The van der Waals surface area contributed by atoms with Gasteiger partial charge >= 0.3 is 0 Å². The van der Waals surface area contributed by atoms with Crippen molar-refractivity contribution in [2.24, 2.45) is 4.99 Å². The van der Waals surface area contributed by atoms with Gasteiger partial charge in [0.05, 0.1) is 12.7 Å². The molecule has 26 heavy (non-hydrogen) atoms. The minimum atomic E-state index is -0.330. The van der Waals surface area contributed by atoms with Crippen LogP contribution in [0.5, 0.6) is 0 Å². The maximum Gasteiger partial charge on any atom is 0.191 e. The topological polar surface area (TPSA) is 54.2 Å². The molecule has 8 heteroatoms. The Kier molecular flexibility index (Phi) is 8.82. The van der Waals surface area contributed by atoms with Gasteiger partial charge < -0.3 is 10.6 Å². The fraction of sp³-hybridized carbons (Fsp3) is 0.444. The van der Waals surface area contributed by atoms with Gasteiger partial charge in [0, 0.05) is 36.8 Å². The molecule has 5 nitrogen and oxygen atoms in total. The van der Waals surface area contributed by atoms with Crippen molar-refractivity contribution in [1.29, 1.82) is 0 Å². The van der Waals surface area contributed by atoms with Gasteiger partial charge in [0.25, 0.3) is 0 Å². The van der Waals surface area contributed by atoms with Crippen molar-refractivity contribution in [3.8, 4) is 0 Å². The van der Waals surface area contributed by atoms with Crippen molar-refractivity contribution in [2.45, 2.75) is 32.7 Å². The van der Waals surface area contributed by atoms with Gasteiger partial charge in [0.2, 0.25) is 0 Å². The predicted molar refractivity (Wildman–Crippen MR) is 116 cm³/mol. The van der Waals surface area contributed by atoms with Crippen LogP contribution in [0.1, 0.15) is 25.0 Å². The average molecular weight is 494 g/mol. The first kappa shape index (κ1) is 22.7. The molecule has 0 bridgehead atoms. The lowest BCUT2D eigenvalue weighted by atomic mass is 9.84. The second-order valence-electron chi connectivity index (χ2n) is 6.64. The van der Waals surface area contributed by atoms with E-state index in [1.807, 2.05) is 24.0 Å². The van der Waals surface area contributed by atoms with Crippen molar-refractivity contribution < 1.29 is 4.39 Å². The molecule has 2 N–H and O–H groups in total. The van der Waals surface area contributed by atoms with Crippen LogP contribution in [0.4, 0.5) is 4.39 Å². The predicted octanol–water partition coefficient (Wildman–Crippen LogP) is 3.74. The van der Waals surface area contributed by atoms with Gasteiger partial charge in [-0.2, -0.15) is 5.10 Å². The van der Waals surface area contributed by atoms with Crippen LogP contribution in [0.2, 0.25) is 5.02 Å². The fourth-order valence-corrected chi connectivity index (χ4v) is 2.96. The van der Waals surface area contributed by atoms with Crippen molar-refractivity contribution in [3.05, 3.63) is 52.6 Å². The molecular formula is C18H26ClFIN5. The van der Waals surface area contributed by atoms with Crippen LogP contribution in [0.15, 0.2) is 35.6 Å². The first-order valence-electron chi connectivity index (χ1n) is 8.21. The second-order valence-corrected chi connectivity index (χ2v) is 7.05. The van der Waals surface area contributed by atoms with Crippen molar-refractivity contribution >= 4 is 41.5 Å². The minimum absolute atomic E-state index is 0. The Morgan fingerprint density at radius 3 is 2.65 bits per heavy atom. The summed E-state index contributed by atoms with van der Waals surface area (Å²) >= 11 is 6.19. The van der Waals surface area contributed by atoms with Gasteiger partial charge in [-0.3, -0.25) is 9.67 Å². The molecule has 0 aliphatic carbocycles. The van der Waals surface area contributed by atoms with Gasteiger partial charge in [-0.05, 0) is 30.2 Å². The molecule has 1 heterocycles. The van der Waals surface area contributed by atoms with Gasteiger partial charge in [-0.25, -0.2) is 4.39 Å². The Bertz CT molecular complexity index is 745. The molecular weight excluding hydrogens is 468 g/mol. The van der Waals surface area contributed by atoms with E-state index >= 15 is 0 Å². The van der Waals surface area contributed by atoms with Gasteiger partial charge in [-0.15, -0.1) is 24.0 Å². The van der Waals surface area contributed by atoms with Crippen molar-refractivity contribution in [3.63, 3.8) is 0 Å². The number of hydrogen-bond donors (Lipinski definition) is 2. The Balaban J connectivity index is 0.00000338. The summed E-state index contributed by atoms with van der Waals surface area (Å²) < 4.78 is 15.1. The maximum absolute atomic E-state index is 13.2. The highest BCUT2D eigenvalue weighted by atomic mass is 127. The van der Waals surface area contributed by atoms with Crippen LogP contribution in [-0.2, 0) is 12.0 Å². The molecule has 0 aliphatic heterocycles. The molecule has 144 valence electrons. The van der Waals surface area contributed by atoms with Crippen LogP contribution in [0.25, 0.3) is 0 Å². The summed E-state index contributed by atoms with van der Waals surface area (Å²) in [6.45, 7) is 8.19. The molecule has 0 fully saturated rings. The molecule has 0 amide bonds. The smallest absolute Gasteiger partial charge is 0.191 e. The number of guanidine groups is 1. The molecule has 0 radical (unpaired) electrons. The van der Waals surface area contributed by atoms with Crippen molar-refractivity contribution in [2.75, 3.05) is 20.1 Å². The Hall–Kier alpha value is -1.35. The largest absolute Gasteiger partial charge is 0.356 e. The number of halogens is 3. The molecule has 1 aromatic carbocycles. The van der Waals surface area contributed by atoms with E-state index < -0.39 is 0 Å². The monoisotopic (exact) mass is 493 g/mol. The Morgan fingerprint density at radius 2 is 2.08 bits per heavy atom. The number of aromatic nitrogens is 2. The highest BCUT2D eigenvalue weighted by molar-refractivity contribution is 14.0. The maximum atomic E-state index is 13.2. The van der Waals surface area contributed by atoms with Gasteiger partial charge in [-0.1, -0.05) is 31.5 Å². The summed E-state index contributed by atoms with van der Waals surface area (Å²) in [6, 6.07) is 4.51. The van der Waals surface area contributed by atoms with Crippen LogP contribution in [-0.4, -0.2) is 35.9 Å². The molecule has 0 atom stereocenters. The number of benzene rings is 1. The van der Waals surface area contributed by atoms with Crippen LogP contribution < -0.4 is 10.6 Å². The SMILES string of the molecule is CN=C(NCCn1cc(C)cn1)NCC(C)(C)c1ccc(F)cc1Cl.I. The van der Waals surface area contributed by atoms with Crippen molar-refractivity contribution in [1.82, 2.24) is 20.4 Å². The van der Waals surface area contributed by atoms with E-state index in [1.165, 1.54) is 12.1 Å². The molecule has 2 rings (SSSR count). The van der Waals surface area contributed by atoms with E-state index in [4.69, 9.17) is 11.6 Å². The standard InChI is InChI=1S/C18H25ClFN5.HI/c1-13-10-24-25(11-13)8-7-22-17(21-4)23-12-18(2,3)15-6-5-14(20)9-16(15)19;/h5-6,9-11H,7-8,12H2,1-4H3,(H2,21,22,23);1H. The third-order valence-corrected chi connectivity index (χ3v) is 4.29. The van der Waals surface area contributed by atoms with E-state index in [2.05, 4.69) is 34.6 Å². The Morgan fingerprint density at radius 1 is 1.35 bits per heavy atom. The number of rotatable bonds is 6. The van der Waals surface area contributed by atoms with Crippen LogP contribution in [0.3, 0.4) is 0 Å². The average Bonchev–Trinajstić information content (AvgIpc) is 2.95. The lowest BCUT2D eigenvalue weighted by Crippen LogP contribution is -2.44. The number of aryl methyl sites for hydroxylation is 1. The zero-order valence-electron chi connectivity index (χ0n) is 15.5. The summed E-state index contributed by atoms with van der Waals surface area (Å²) in [4.78, 5) is 4.23. The highest BCUT2D eigenvalue weighted by Crippen LogP contribution is 2.29. The third-order valence-electron chi connectivity index (χ3n) is 3.98. The van der Waals surface area contributed by atoms with Crippen LogP contribution in [0, 0.1) is 12.7 Å². The summed E-state index contributed by atoms with van der Waals surface area (Å²) in [5.41, 5.74) is 1.76. The Labute approximate surface area is 176 Å². The summed E-state index contributed by atoms with van der Waals surface area (Å²) in [6.07, 6.45) is 3.83. The van der Waals surface area contributed by atoms with E-state index in [0.29, 0.717) is 24.1 Å². The first-order chi connectivity index (χ1) is 11.8. The highest BCUT2D eigenvalue weighted by Gasteiger charge is 2.24. The first-order valence-corrected chi connectivity index (χ1v) is 8.59. The van der Waals surface area contributed by atoms with Crippen LogP contribution >= 0.6 is 35.6 Å². The molecule has 0 aliphatic rings. The van der Waals surface area contributed by atoms with Gasteiger partial charge in [0.1, 0.15) is 5.82 Å². The zero-order valence-corrected chi connectivity index (χ0v) is 18.6. The lowest BCUT2D eigenvalue weighted by Gasteiger charge is -2.27. The lowest BCUT2D eigenvalue weighted by molar-refractivity contribution is 0.505. The summed E-state index contributed by atoms with van der Waals surface area (Å²) in [5, 5.41) is 11.2. The number of nitrogens with zero attached hydrogens (tertiary/aromatic N) is 3. The fourth-order valence-electron chi connectivity index (χ4n) is 2.54. The molecule has 0 saturated heterocycles. The second kappa shape index (κ2) is 10.1. The van der Waals surface area contributed by atoms with E-state index in [0.717, 1.165) is 17.7 Å². The molecule has 0 unspecified atom stereocenters. The van der Waals surface area contributed by atoms with E-state index in [9.17, 15) is 4.39 Å². The number of aliphatic imine (C=N–C) groups is 1. The number of nitrogens with one attached hydrogen (secondary N) is 2. The zero-order chi connectivity index (χ0) is 18.4. The van der Waals surface area contributed by atoms with E-state index in [-0.39, 0.29) is 35.2 Å². The summed E-state index contributed by atoms with van der Waals surface area (Å²) in [7, 11) is 1.73. The normalized spacial score (nSPS) is 11.8. The number of hydrogen-bond acceptors (Lipinski definition) is 2. The minimum Gasteiger partial charge on any atom is -0.356 e. The molecule has 2 aromatic rings. The molecule has 0 spiro atoms.